The molecule has 5 nitrogen and oxygen atoms in total. The third kappa shape index (κ3) is 3.72. The fraction of sp³-hybridized carbons (Fsp3) is 0.333. The fourth-order valence-corrected chi connectivity index (χ4v) is 3.17. The Morgan fingerprint density at radius 3 is 2.27 bits per heavy atom. The first kappa shape index (κ1) is 18.0. The first-order valence-electron chi connectivity index (χ1n) is 8.79. The molecule has 26 heavy (non-hydrogen) atoms. The molecule has 1 aliphatic rings. The number of benzene rings is 2. The summed E-state index contributed by atoms with van der Waals surface area (Å²) in [7, 11) is 1.38. The van der Waals surface area contributed by atoms with E-state index in [4.69, 9.17) is 4.74 Å². The van der Waals surface area contributed by atoms with Crippen molar-refractivity contribution < 1.29 is 14.3 Å². The second-order valence-corrected chi connectivity index (χ2v) is 6.62. The molecule has 0 N–H and O–H groups in total. The van der Waals surface area contributed by atoms with Crippen molar-refractivity contribution in [3.05, 3.63) is 64.7 Å². The van der Waals surface area contributed by atoms with Crippen LogP contribution in [0.5, 0.6) is 0 Å². The van der Waals surface area contributed by atoms with Crippen molar-refractivity contribution in [3.63, 3.8) is 0 Å². The van der Waals surface area contributed by atoms with Crippen LogP contribution >= 0.6 is 0 Å². The highest BCUT2D eigenvalue weighted by atomic mass is 16.5. The summed E-state index contributed by atoms with van der Waals surface area (Å²) >= 11 is 0. The van der Waals surface area contributed by atoms with Gasteiger partial charge in [0.2, 0.25) is 0 Å². The molecule has 0 aliphatic carbocycles. The third-order valence-corrected chi connectivity index (χ3v) is 4.95. The quantitative estimate of drug-likeness (QED) is 0.797. The molecule has 1 saturated heterocycles. The van der Waals surface area contributed by atoms with Gasteiger partial charge < -0.3 is 14.5 Å². The Kier molecular flexibility index (Phi) is 5.26. The first-order valence-corrected chi connectivity index (χ1v) is 8.79. The third-order valence-electron chi connectivity index (χ3n) is 4.95. The molecule has 1 heterocycles. The monoisotopic (exact) mass is 352 g/mol. The molecule has 0 bridgehead atoms. The second kappa shape index (κ2) is 7.60. The Hall–Kier alpha value is -2.82. The van der Waals surface area contributed by atoms with Gasteiger partial charge in [-0.2, -0.15) is 0 Å². The summed E-state index contributed by atoms with van der Waals surface area (Å²) in [6, 6.07) is 13.3. The zero-order valence-corrected chi connectivity index (χ0v) is 15.5. The molecule has 136 valence electrons. The number of hydrogen-bond donors (Lipinski definition) is 0. The average Bonchev–Trinajstić information content (AvgIpc) is 2.69. The van der Waals surface area contributed by atoms with Gasteiger partial charge in [0.15, 0.2) is 0 Å². The highest BCUT2D eigenvalue weighted by Crippen LogP contribution is 2.20. The van der Waals surface area contributed by atoms with Crippen molar-refractivity contribution in [1.29, 1.82) is 0 Å². The summed E-state index contributed by atoms with van der Waals surface area (Å²) in [5, 5.41) is 0. The van der Waals surface area contributed by atoms with Crippen molar-refractivity contribution >= 4 is 17.6 Å². The Labute approximate surface area is 154 Å². The van der Waals surface area contributed by atoms with Crippen molar-refractivity contribution in [3.8, 4) is 0 Å². The van der Waals surface area contributed by atoms with E-state index in [1.165, 1.54) is 12.7 Å². The molecular weight excluding hydrogens is 328 g/mol. The van der Waals surface area contributed by atoms with Gasteiger partial charge in [-0.1, -0.05) is 12.1 Å². The molecule has 3 rings (SSSR count). The number of aryl methyl sites for hydroxylation is 2. The van der Waals surface area contributed by atoms with Gasteiger partial charge in [0, 0.05) is 37.4 Å². The van der Waals surface area contributed by atoms with E-state index in [1.807, 2.05) is 55.1 Å². The first-order chi connectivity index (χ1) is 12.5. The van der Waals surface area contributed by atoms with Gasteiger partial charge >= 0.3 is 5.97 Å². The van der Waals surface area contributed by atoms with Gasteiger partial charge in [0.25, 0.3) is 5.91 Å². The molecule has 0 aromatic heterocycles. The molecule has 0 atom stereocenters. The molecule has 1 amide bonds. The molecule has 1 fully saturated rings. The number of amides is 1. The molecule has 0 spiro atoms. The summed E-state index contributed by atoms with van der Waals surface area (Å²) in [5.74, 6) is -0.258. The zero-order valence-electron chi connectivity index (χ0n) is 15.5. The lowest BCUT2D eigenvalue weighted by Gasteiger charge is -2.36. The minimum atomic E-state index is -0.338. The summed E-state index contributed by atoms with van der Waals surface area (Å²) in [4.78, 5) is 28.5. The minimum absolute atomic E-state index is 0.0797. The number of carbonyl (C=O) groups excluding carboxylic acids is 2. The van der Waals surface area contributed by atoms with E-state index in [1.54, 1.807) is 6.07 Å². The van der Waals surface area contributed by atoms with Gasteiger partial charge in [0.1, 0.15) is 0 Å². The smallest absolute Gasteiger partial charge is 0.337 e. The number of methoxy groups -OCH3 is 1. The lowest BCUT2D eigenvalue weighted by Crippen LogP contribution is -2.48. The largest absolute Gasteiger partial charge is 0.465 e. The van der Waals surface area contributed by atoms with Gasteiger partial charge in [-0.3, -0.25) is 4.79 Å². The molecule has 5 heteroatoms. The van der Waals surface area contributed by atoms with Crippen LogP contribution in [0.15, 0.2) is 42.5 Å². The highest BCUT2D eigenvalue weighted by Gasteiger charge is 2.23. The van der Waals surface area contributed by atoms with Crippen LogP contribution in [0, 0.1) is 13.8 Å². The number of piperazine rings is 1. The van der Waals surface area contributed by atoms with Crippen LogP contribution in [0.4, 0.5) is 5.69 Å². The van der Waals surface area contributed by atoms with Crippen molar-refractivity contribution in [1.82, 2.24) is 4.90 Å². The Bertz CT molecular complexity index is 824. The van der Waals surface area contributed by atoms with Crippen LogP contribution in [-0.2, 0) is 4.74 Å². The number of rotatable bonds is 3. The van der Waals surface area contributed by atoms with Crippen LogP contribution in [0.25, 0.3) is 0 Å². The standard InChI is InChI=1S/C21H24N2O3/c1-15-7-8-17(13-16(15)2)20(24)23-11-9-22(10-12-23)19-6-4-5-18(14-19)21(25)26-3/h4-8,13-14H,9-12H2,1-3H3. The normalized spacial score (nSPS) is 14.3. The van der Waals surface area contributed by atoms with Crippen LogP contribution in [0.1, 0.15) is 31.8 Å². The molecule has 0 unspecified atom stereocenters. The predicted octanol–water partition coefficient (Wildman–Crippen LogP) is 3.05. The number of anilines is 1. The SMILES string of the molecule is COC(=O)c1cccc(N2CCN(C(=O)c3ccc(C)c(C)c3)CC2)c1. The molecule has 2 aromatic rings. The lowest BCUT2D eigenvalue weighted by atomic mass is 10.1. The van der Waals surface area contributed by atoms with Gasteiger partial charge in [0.05, 0.1) is 12.7 Å². The van der Waals surface area contributed by atoms with Crippen molar-refractivity contribution in [2.24, 2.45) is 0 Å². The van der Waals surface area contributed by atoms with Crippen molar-refractivity contribution in [2.45, 2.75) is 13.8 Å². The highest BCUT2D eigenvalue weighted by molar-refractivity contribution is 5.94. The van der Waals surface area contributed by atoms with Gasteiger partial charge in [-0.05, 0) is 55.3 Å². The van der Waals surface area contributed by atoms with E-state index in [-0.39, 0.29) is 11.9 Å². The minimum Gasteiger partial charge on any atom is -0.465 e. The van der Waals surface area contributed by atoms with E-state index < -0.39 is 0 Å². The fourth-order valence-electron chi connectivity index (χ4n) is 3.17. The predicted molar refractivity (Wildman–Crippen MR) is 102 cm³/mol. The zero-order chi connectivity index (χ0) is 18.7. The molecule has 1 aliphatic heterocycles. The number of ether oxygens (including phenoxy) is 1. The summed E-state index contributed by atoms with van der Waals surface area (Å²) < 4.78 is 4.78. The van der Waals surface area contributed by atoms with Crippen LogP contribution in [-0.4, -0.2) is 50.1 Å². The van der Waals surface area contributed by atoms with E-state index in [2.05, 4.69) is 4.90 Å². The van der Waals surface area contributed by atoms with Gasteiger partial charge in [-0.15, -0.1) is 0 Å². The molecular formula is C21H24N2O3. The van der Waals surface area contributed by atoms with Crippen LogP contribution in [0.2, 0.25) is 0 Å². The van der Waals surface area contributed by atoms with Gasteiger partial charge in [-0.25, -0.2) is 4.79 Å². The maximum atomic E-state index is 12.7. The molecule has 0 radical (unpaired) electrons. The Balaban J connectivity index is 1.66. The Morgan fingerprint density at radius 1 is 0.885 bits per heavy atom. The lowest BCUT2D eigenvalue weighted by molar-refractivity contribution is 0.0600. The van der Waals surface area contributed by atoms with E-state index in [0.717, 1.165) is 29.9 Å². The number of nitrogens with zero attached hydrogens (tertiary/aromatic N) is 2. The second-order valence-electron chi connectivity index (χ2n) is 6.62. The number of carbonyl (C=O) groups is 2. The maximum absolute atomic E-state index is 12.7. The number of esters is 1. The average molecular weight is 352 g/mol. The van der Waals surface area contributed by atoms with Crippen molar-refractivity contribution in [2.75, 3.05) is 38.2 Å². The van der Waals surface area contributed by atoms with E-state index >= 15 is 0 Å². The van der Waals surface area contributed by atoms with Crippen LogP contribution < -0.4 is 4.90 Å². The van der Waals surface area contributed by atoms with Crippen LogP contribution in [0.3, 0.4) is 0 Å². The molecule has 2 aromatic carbocycles. The molecule has 0 saturated carbocycles. The van der Waals surface area contributed by atoms with E-state index in [9.17, 15) is 9.59 Å². The Morgan fingerprint density at radius 2 is 1.62 bits per heavy atom. The summed E-state index contributed by atoms with van der Waals surface area (Å²) in [5.41, 5.74) is 4.59. The summed E-state index contributed by atoms with van der Waals surface area (Å²) in [6.07, 6.45) is 0. The summed E-state index contributed by atoms with van der Waals surface area (Å²) in [6.45, 7) is 6.87. The van der Waals surface area contributed by atoms with E-state index in [0.29, 0.717) is 18.7 Å². The number of hydrogen-bond acceptors (Lipinski definition) is 4. The topological polar surface area (TPSA) is 49.9 Å². The maximum Gasteiger partial charge on any atom is 0.337 e.